The van der Waals surface area contributed by atoms with Crippen LogP contribution in [0.15, 0.2) is 23.8 Å². The molecule has 0 aromatic carbocycles. The lowest BCUT2D eigenvalue weighted by atomic mass is 10.2. The van der Waals surface area contributed by atoms with E-state index < -0.39 is 49.1 Å². The zero-order chi connectivity index (χ0) is 28.2. The van der Waals surface area contributed by atoms with E-state index >= 15 is 0 Å². The number of rotatable bonds is 8. The Morgan fingerprint density at radius 1 is 1.12 bits per heavy atom. The molecule has 214 valence electrons. The normalized spacial score (nSPS) is 28.5. The Labute approximate surface area is 229 Å². The summed E-state index contributed by atoms with van der Waals surface area (Å²) in [6.45, 7) is -4.54. The highest BCUT2D eigenvalue weighted by atomic mass is 32.5. The van der Waals surface area contributed by atoms with Crippen LogP contribution in [0.4, 0.5) is 11.8 Å². The topological polar surface area (TPSA) is 257 Å². The van der Waals surface area contributed by atoms with E-state index in [1.807, 2.05) is 0 Å². The molecule has 20 heteroatoms. The van der Waals surface area contributed by atoms with Crippen molar-refractivity contribution in [1.29, 1.82) is 0 Å². The molecule has 0 spiro atoms. The van der Waals surface area contributed by atoms with Crippen LogP contribution in [-0.4, -0.2) is 91.8 Å². The lowest BCUT2D eigenvalue weighted by Crippen LogP contribution is -2.27. The Morgan fingerprint density at radius 3 is 2.70 bits per heavy atom. The van der Waals surface area contributed by atoms with Crippen LogP contribution in [0, 0.1) is 0 Å². The number of anilines is 2. The van der Waals surface area contributed by atoms with Gasteiger partial charge in [-0.3, -0.25) is 18.9 Å². The van der Waals surface area contributed by atoms with Crippen molar-refractivity contribution in [3.63, 3.8) is 0 Å². The zero-order valence-corrected chi connectivity index (χ0v) is 22.3. The monoisotopic (exact) mass is 596 g/mol. The van der Waals surface area contributed by atoms with Gasteiger partial charge in [-0.05, 0) is 11.8 Å². The number of aromatic amines is 1. The molecule has 0 saturated carbocycles. The standard InChI is InChI=1S/C20H25N10O8PS/c21-15-13-16(24-5-23-15)29(6-25-13)12-2-9(32)11(37-12)4-35-39(34,40)38-10-1-8(3-31)36-19(10)30-7-26-14-17(30)27-20(22)28-18(14)33/h5-12,19,31-32H,1-4H2,(H,34,40)(H2,21,23,24)(H3,22,27,28,33)/t8-,9-,10+,11+,12+,19+,39?/m0/s1. The van der Waals surface area contributed by atoms with Gasteiger partial charge >= 0.3 is 6.72 Å². The highest BCUT2D eigenvalue weighted by molar-refractivity contribution is 8.07. The summed E-state index contributed by atoms with van der Waals surface area (Å²) in [6.07, 6.45) is -0.516. The summed E-state index contributed by atoms with van der Waals surface area (Å²) in [5.41, 5.74) is 12.0. The fraction of sp³-hybridized carbons (Fsp3) is 0.500. The summed E-state index contributed by atoms with van der Waals surface area (Å²) in [4.78, 5) is 45.9. The second-order valence-corrected chi connectivity index (χ2v) is 12.1. The first-order chi connectivity index (χ1) is 19.1. The third-order valence-electron chi connectivity index (χ3n) is 6.65. The van der Waals surface area contributed by atoms with E-state index in [-0.39, 0.29) is 49.0 Å². The molecule has 4 aromatic heterocycles. The Hall–Kier alpha value is -3.13. The van der Waals surface area contributed by atoms with Crippen molar-refractivity contribution in [2.24, 2.45) is 0 Å². The van der Waals surface area contributed by atoms with Crippen molar-refractivity contribution in [3.05, 3.63) is 29.3 Å². The van der Waals surface area contributed by atoms with Gasteiger partial charge in [0, 0.05) is 12.8 Å². The first-order valence-corrected chi connectivity index (χ1v) is 14.6. The van der Waals surface area contributed by atoms with Crippen LogP contribution in [-0.2, 0) is 30.3 Å². The number of nitrogens with one attached hydrogen (secondary N) is 1. The van der Waals surface area contributed by atoms with Crippen molar-refractivity contribution in [1.82, 2.24) is 39.0 Å². The average molecular weight is 597 g/mol. The smallest absolute Gasteiger partial charge is 0.325 e. The average Bonchev–Trinajstić information content (AvgIpc) is 3.68. The minimum atomic E-state index is -3.92. The number of hydrogen-bond acceptors (Lipinski definition) is 15. The molecule has 18 nitrogen and oxygen atoms in total. The molecule has 40 heavy (non-hydrogen) atoms. The van der Waals surface area contributed by atoms with Crippen LogP contribution in [0.25, 0.3) is 22.3 Å². The van der Waals surface area contributed by atoms with E-state index in [4.69, 9.17) is 41.8 Å². The maximum absolute atomic E-state index is 12.2. The quantitative estimate of drug-likeness (QED) is 0.129. The van der Waals surface area contributed by atoms with Crippen LogP contribution in [0.5, 0.6) is 0 Å². The summed E-state index contributed by atoms with van der Waals surface area (Å²) < 4.78 is 26.2. The molecule has 6 rings (SSSR count). The summed E-state index contributed by atoms with van der Waals surface area (Å²) >= 11 is 5.24. The fourth-order valence-electron chi connectivity index (χ4n) is 4.79. The number of aromatic nitrogens is 8. The summed E-state index contributed by atoms with van der Waals surface area (Å²) in [6, 6.07) is 0. The van der Waals surface area contributed by atoms with Gasteiger partial charge in [-0.1, -0.05) is 0 Å². The summed E-state index contributed by atoms with van der Waals surface area (Å²) in [7, 11) is 0. The second kappa shape index (κ2) is 10.4. The van der Waals surface area contributed by atoms with E-state index in [0.717, 1.165) is 0 Å². The number of hydrogen-bond donors (Lipinski definition) is 6. The van der Waals surface area contributed by atoms with E-state index in [1.54, 1.807) is 4.57 Å². The third-order valence-corrected chi connectivity index (χ3v) is 8.23. The number of fused-ring (bicyclic) bond motifs is 2. The molecule has 4 aromatic rings. The predicted molar refractivity (Wildman–Crippen MR) is 140 cm³/mol. The molecule has 0 aliphatic carbocycles. The zero-order valence-electron chi connectivity index (χ0n) is 20.5. The molecule has 0 bridgehead atoms. The number of nitrogen functional groups attached to an aromatic ring is 2. The molecule has 6 heterocycles. The van der Waals surface area contributed by atoms with Crippen molar-refractivity contribution >= 4 is 52.6 Å². The number of nitrogens with zero attached hydrogens (tertiary/aromatic N) is 7. The Bertz CT molecular complexity index is 1660. The van der Waals surface area contributed by atoms with E-state index in [9.17, 15) is 19.9 Å². The molecule has 8 N–H and O–H groups in total. The number of ether oxygens (including phenoxy) is 2. The van der Waals surface area contributed by atoms with Gasteiger partial charge in [0.15, 0.2) is 28.9 Å². The SMILES string of the molecule is Nc1nc2c(ncn2[C@@H]2O[C@H](CO)C[C@H]2OP(O)(=S)OC[C@H]2O[C@@H](n3cnc4c(N)ncnc43)C[C@@H]2O)c(=O)[nH]1. The molecule has 2 aliphatic rings. The molecular weight excluding hydrogens is 571 g/mol. The van der Waals surface area contributed by atoms with E-state index in [2.05, 4.69) is 29.9 Å². The summed E-state index contributed by atoms with van der Waals surface area (Å²) in [5, 5.41) is 20.3. The molecule has 7 atom stereocenters. The highest BCUT2D eigenvalue weighted by Gasteiger charge is 2.42. The molecule has 0 radical (unpaired) electrons. The Kier molecular flexibility index (Phi) is 7.01. The van der Waals surface area contributed by atoms with Crippen LogP contribution in [0.1, 0.15) is 25.3 Å². The van der Waals surface area contributed by atoms with Gasteiger partial charge in [-0.2, -0.15) is 4.98 Å². The molecule has 0 amide bonds. The molecule has 1 unspecified atom stereocenters. The molecule has 2 aliphatic heterocycles. The number of aliphatic hydroxyl groups excluding tert-OH is 2. The molecule has 2 saturated heterocycles. The van der Waals surface area contributed by atoms with Gasteiger partial charge in [0.25, 0.3) is 5.56 Å². The maximum atomic E-state index is 12.2. The van der Waals surface area contributed by atoms with Crippen molar-refractivity contribution in [2.45, 2.75) is 49.7 Å². The fourth-order valence-corrected chi connectivity index (χ4v) is 6.23. The number of H-pyrrole nitrogens is 1. The minimum Gasteiger partial charge on any atom is -0.394 e. The molecule has 2 fully saturated rings. The lowest BCUT2D eigenvalue weighted by molar-refractivity contribution is -0.0544. The second-order valence-electron chi connectivity index (χ2n) is 9.27. The van der Waals surface area contributed by atoms with E-state index in [0.29, 0.717) is 11.2 Å². The van der Waals surface area contributed by atoms with Gasteiger partial charge < -0.3 is 45.1 Å². The number of aliphatic hydroxyl groups is 2. The first kappa shape index (κ1) is 27.1. The van der Waals surface area contributed by atoms with Crippen molar-refractivity contribution in [3.8, 4) is 0 Å². The van der Waals surface area contributed by atoms with Crippen LogP contribution >= 0.6 is 6.72 Å². The Morgan fingerprint density at radius 2 is 1.90 bits per heavy atom. The first-order valence-electron chi connectivity index (χ1n) is 12.0. The van der Waals surface area contributed by atoms with Crippen molar-refractivity contribution < 1.29 is 33.6 Å². The lowest BCUT2D eigenvalue weighted by Gasteiger charge is -2.25. The number of imidazole rings is 2. The van der Waals surface area contributed by atoms with Gasteiger partial charge in [-0.25, -0.2) is 19.9 Å². The van der Waals surface area contributed by atoms with Crippen LogP contribution in [0.2, 0.25) is 0 Å². The maximum Gasteiger partial charge on any atom is 0.325 e. The van der Waals surface area contributed by atoms with Gasteiger partial charge in [0.2, 0.25) is 5.95 Å². The minimum absolute atomic E-state index is 0.0189. The van der Waals surface area contributed by atoms with Gasteiger partial charge in [0.1, 0.15) is 30.3 Å². The van der Waals surface area contributed by atoms with Gasteiger partial charge in [0.05, 0.1) is 38.1 Å². The third kappa shape index (κ3) is 4.95. The predicted octanol–water partition coefficient (Wildman–Crippen LogP) is -1.33. The van der Waals surface area contributed by atoms with Crippen molar-refractivity contribution in [2.75, 3.05) is 24.7 Å². The van der Waals surface area contributed by atoms with Gasteiger partial charge in [-0.15, -0.1) is 0 Å². The summed E-state index contributed by atoms with van der Waals surface area (Å²) in [5.74, 6) is 0.0877. The Balaban J connectivity index is 1.15. The van der Waals surface area contributed by atoms with Crippen LogP contribution in [0.3, 0.4) is 0 Å². The number of nitrogens with two attached hydrogens (primary N) is 2. The van der Waals surface area contributed by atoms with Crippen LogP contribution < -0.4 is 17.0 Å². The largest absolute Gasteiger partial charge is 0.394 e. The highest BCUT2D eigenvalue weighted by Crippen LogP contribution is 2.50. The molecular formula is C20H25N10O8PS. The van der Waals surface area contributed by atoms with E-state index in [1.165, 1.54) is 23.5 Å².